The van der Waals surface area contributed by atoms with Crippen LogP contribution in [-0.4, -0.2) is 24.2 Å². The van der Waals surface area contributed by atoms with Gasteiger partial charge in [-0.2, -0.15) is 0 Å². The summed E-state index contributed by atoms with van der Waals surface area (Å²) in [6.07, 6.45) is 2.65. The van der Waals surface area contributed by atoms with Gasteiger partial charge in [-0.05, 0) is 33.7 Å². The molecule has 0 unspecified atom stereocenters. The van der Waals surface area contributed by atoms with E-state index in [2.05, 4.69) is 5.32 Å². The van der Waals surface area contributed by atoms with Gasteiger partial charge >= 0.3 is 5.97 Å². The van der Waals surface area contributed by atoms with Crippen LogP contribution >= 0.6 is 0 Å². The Morgan fingerprint density at radius 3 is 2.50 bits per heavy atom. The molecule has 1 saturated heterocycles. The molecule has 1 N–H and O–H groups in total. The van der Waals surface area contributed by atoms with Gasteiger partial charge < -0.3 is 10.1 Å². The summed E-state index contributed by atoms with van der Waals surface area (Å²) in [6, 6.07) is 0.236. The highest BCUT2D eigenvalue weighted by Gasteiger charge is 2.24. The lowest BCUT2D eigenvalue weighted by Gasteiger charge is -2.28. The molecule has 0 bridgehead atoms. The van der Waals surface area contributed by atoms with Crippen LogP contribution in [0.3, 0.4) is 0 Å². The van der Waals surface area contributed by atoms with E-state index in [9.17, 15) is 4.79 Å². The molecule has 0 aliphatic carbocycles. The Kier molecular flexibility index (Phi) is 2.73. The monoisotopic (exact) mass is 170 g/mol. The van der Waals surface area contributed by atoms with Gasteiger partial charge in [-0.25, -0.2) is 0 Å². The van der Waals surface area contributed by atoms with E-state index in [-0.39, 0.29) is 17.6 Å². The van der Waals surface area contributed by atoms with E-state index in [0.29, 0.717) is 0 Å². The van der Waals surface area contributed by atoms with Gasteiger partial charge in [-0.1, -0.05) is 0 Å². The molecule has 0 aromatic heterocycles. The molecule has 12 heavy (non-hydrogen) atoms. The van der Waals surface area contributed by atoms with Crippen molar-refractivity contribution in [1.82, 2.24) is 5.32 Å². The summed E-state index contributed by atoms with van der Waals surface area (Å²) in [5.74, 6) is -0.222. The predicted octanol–water partition coefficient (Wildman–Crippen LogP) is 0.894. The van der Waals surface area contributed by atoms with Crippen molar-refractivity contribution in [2.75, 3.05) is 6.54 Å². The second kappa shape index (κ2) is 3.44. The van der Waals surface area contributed by atoms with E-state index in [1.54, 1.807) is 6.42 Å². The summed E-state index contributed by atoms with van der Waals surface area (Å²) in [5.41, 5.74) is -0.378. The number of ether oxygens (including phenoxy) is 1. The molecule has 1 fully saturated rings. The van der Waals surface area contributed by atoms with E-state index < -0.39 is 0 Å². The SMILES string of the molecule is CC(C)(C)OC(=O)[CH][C@H]1CCN1. The number of esters is 1. The Bertz CT molecular complexity index is 168. The zero-order valence-corrected chi connectivity index (χ0v) is 7.89. The molecule has 0 aromatic rings. The Labute approximate surface area is 73.5 Å². The minimum atomic E-state index is -0.378. The Hall–Kier alpha value is -0.570. The molecular formula is C9H16NO2. The van der Waals surface area contributed by atoms with E-state index in [1.165, 1.54) is 0 Å². The summed E-state index contributed by atoms with van der Waals surface area (Å²) in [4.78, 5) is 11.1. The Balaban J connectivity index is 2.19. The van der Waals surface area contributed by atoms with Crippen molar-refractivity contribution >= 4 is 5.97 Å². The van der Waals surface area contributed by atoms with Crippen LogP contribution in [0.5, 0.6) is 0 Å². The zero-order valence-electron chi connectivity index (χ0n) is 7.89. The molecule has 1 heterocycles. The van der Waals surface area contributed by atoms with E-state index in [0.717, 1.165) is 13.0 Å². The highest BCUT2D eigenvalue weighted by Crippen LogP contribution is 2.11. The largest absolute Gasteiger partial charge is 0.460 e. The van der Waals surface area contributed by atoms with Gasteiger partial charge in [0.15, 0.2) is 0 Å². The van der Waals surface area contributed by atoms with Gasteiger partial charge in [0, 0.05) is 6.04 Å². The van der Waals surface area contributed by atoms with Crippen LogP contribution in [0.25, 0.3) is 0 Å². The first-order chi connectivity index (χ1) is 5.47. The minimum absolute atomic E-state index is 0.222. The number of hydrogen-bond acceptors (Lipinski definition) is 3. The highest BCUT2D eigenvalue weighted by atomic mass is 16.6. The van der Waals surface area contributed by atoms with Gasteiger partial charge in [0.1, 0.15) is 5.60 Å². The second-order valence-corrected chi connectivity index (χ2v) is 4.05. The molecule has 1 aliphatic heterocycles. The third kappa shape index (κ3) is 3.22. The Morgan fingerprint density at radius 2 is 2.17 bits per heavy atom. The standard InChI is InChI=1S/C9H16NO2/c1-9(2,3)12-8(11)6-7-4-5-10-7/h6-7,10H,4-5H2,1-3H3/t7-/m1/s1. The normalized spacial score (nSPS) is 23.1. The molecule has 0 saturated carbocycles. The summed E-state index contributed by atoms with van der Waals surface area (Å²) >= 11 is 0. The van der Waals surface area contributed by atoms with Crippen molar-refractivity contribution in [3.63, 3.8) is 0 Å². The van der Waals surface area contributed by atoms with Gasteiger partial charge in [-0.3, -0.25) is 4.79 Å². The van der Waals surface area contributed by atoms with Gasteiger partial charge in [0.2, 0.25) is 0 Å². The number of carbonyl (C=O) groups excluding carboxylic acids is 1. The maximum Gasteiger partial charge on any atom is 0.311 e. The number of rotatable bonds is 2. The van der Waals surface area contributed by atoms with E-state index >= 15 is 0 Å². The lowest BCUT2D eigenvalue weighted by molar-refractivity contribution is -0.151. The van der Waals surface area contributed by atoms with Crippen LogP contribution in [0.1, 0.15) is 27.2 Å². The lowest BCUT2D eigenvalue weighted by Crippen LogP contribution is -2.45. The van der Waals surface area contributed by atoms with Crippen LogP contribution in [0, 0.1) is 6.42 Å². The maximum absolute atomic E-state index is 11.1. The van der Waals surface area contributed by atoms with Gasteiger partial charge in [0.25, 0.3) is 0 Å². The van der Waals surface area contributed by atoms with E-state index in [4.69, 9.17) is 4.74 Å². The summed E-state index contributed by atoms with van der Waals surface area (Å²) < 4.78 is 5.11. The van der Waals surface area contributed by atoms with Crippen molar-refractivity contribution < 1.29 is 9.53 Å². The smallest absolute Gasteiger partial charge is 0.311 e. The third-order valence-corrected chi connectivity index (χ3v) is 1.61. The molecule has 1 aliphatic rings. The molecule has 1 atom stereocenters. The fourth-order valence-electron chi connectivity index (χ4n) is 0.953. The molecule has 69 valence electrons. The average molecular weight is 170 g/mol. The highest BCUT2D eigenvalue weighted by molar-refractivity contribution is 5.80. The predicted molar refractivity (Wildman–Crippen MR) is 46.6 cm³/mol. The van der Waals surface area contributed by atoms with Crippen molar-refractivity contribution in [2.45, 2.75) is 38.8 Å². The zero-order chi connectivity index (χ0) is 9.19. The summed E-state index contributed by atoms with van der Waals surface area (Å²) in [6.45, 7) is 6.61. The lowest BCUT2D eigenvalue weighted by atomic mass is 10.0. The first-order valence-corrected chi connectivity index (χ1v) is 4.28. The first-order valence-electron chi connectivity index (χ1n) is 4.28. The van der Waals surface area contributed by atoms with Crippen LogP contribution in [0.4, 0.5) is 0 Å². The number of nitrogens with one attached hydrogen (secondary N) is 1. The maximum atomic E-state index is 11.1. The summed E-state index contributed by atoms with van der Waals surface area (Å²) in [5, 5.41) is 3.11. The molecule has 3 nitrogen and oxygen atoms in total. The molecule has 0 spiro atoms. The van der Waals surface area contributed by atoms with Crippen molar-refractivity contribution in [2.24, 2.45) is 0 Å². The molecule has 1 radical (unpaired) electrons. The van der Waals surface area contributed by atoms with Crippen LogP contribution in [0.2, 0.25) is 0 Å². The third-order valence-electron chi connectivity index (χ3n) is 1.61. The first kappa shape index (κ1) is 9.52. The topological polar surface area (TPSA) is 38.3 Å². The molecule has 0 aromatic carbocycles. The average Bonchev–Trinajstić information content (AvgIpc) is 1.74. The molecule has 0 amide bonds. The second-order valence-electron chi connectivity index (χ2n) is 4.05. The quantitative estimate of drug-likeness (QED) is 0.626. The fourth-order valence-corrected chi connectivity index (χ4v) is 0.953. The molecule has 3 heteroatoms. The van der Waals surface area contributed by atoms with Gasteiger partial charge in [0.05, 0.1) is 6.42 Å². The molecule has 1 rings (SSSR count). The van der Waals surface area contributed by atoms with Crippen LogP contribution in [-0.2, 0) is 9.53 Å². The minimum Gasteiger partial charge on any atom is -0.460 e. The Morgan fingerprint density at radius 1 is 1.58 bits per heavy atom. The number of hydrogen-bond donors (Lipinski definition) is 1. The number of carbonyl (C=O) groups is 1. The molecular weight excluding hydrogens is 154 g/mol. The van der Waals surface area contributed by atoms with Crippen molar-refractivity contribution in [3.8, 4) is 0 Å². The van der Waals surface area contributed by atoms with Crippen LogP contribution < -0.4 is 5.32 Å². The van der Waals surface area contributed by atoms with Crippen molar-refractivity contribution in [3.05, 3.63) is 6.42 Å². The van der Waals surface area contributed by atoms with Crippen molar-refractivity contribution in [1.29, 1.82) is 0 Å². The van der Waals surface area contributed by atoms with Gasteiger partial charge in [-0.15, -0.1) is 0 Å². The summed E-state index contributed by atoms with van der Waals surface area (Å²) in [7, 11) is 0. The van der Waals surface area contributed by atoms with E-state index in [1.807, 2.05) is 20.8 Å². The van der Waals surface area contributed by atoms with Crippen LogP contribution in [0.15, 0.2) is 0 Å². The fraction of sp³-hybridized carbons (Fsp3) is 0.778.